The lowest BCUT2D eigenvalue weighted by Gasteiger charge is -2.20. The van der Waals surface area contributed by atoms with E-state index in [1.807, 2.05) is 6.92 Å². The van der Waals surface area contributed by atoms with E-state index < -0.39 is 0 Å². The van der Waals surface area contributed by atoms with Crippen molar-refractivity contribution in [3.05, 3.63) is 35.6 Å². The van der Waals surface area contributed by atoms with Crippen LogP contribution in [-0.2, 0) is 6.42 Å². The van der Waals surface area contributed by atoms with Crippen LogP contribution in [-0.4, -0.2) is 0 Å². The average Bonchev–Trinajstić information content (AvgIpc) is 3.05. The van der Waals surface area contributed by atoms with E-state index in [0.29, 0.717) is 5.92 Å². The third-order valence-corrected chi connectivity index (χ3v) is 3.22. The maximum atomic E-state index is 12.7. The first-order chi connectivity index (χ1) is 7.14. The topological polar surface area (TPSA) is 23.8 Å². The van der Waals surface area contributed by atoms with Crippen molar-refractivity contribution in [2.75, 3.05) is 0 Å². The summed E-state index contributed by atoms with van der Waals surface area (Å²) in [5.74, 6) is 0.316. The molecule has 1 atom stereocenters. The number of hydrogen-bond donors (Lipinski definition) is 0. The Labute approximate surface area is 89.5 Å². The second-order valence-corrected chi connectivity index (χ2v) is 4.61. The first-order valence-corrected chi connectivity index (χ1v) is 5.30. The van der Waals surface area contributed by atoms with Crippen LogP contribution in [0.3, 0.4) is 0 Å². The molecule has 0 spiro atoms. The maximum absolute atomic E-state index is 12.7. The zero-order valence-electron chi connectivity index (χ0n) is 8.83. The van der Waals surface area contributed by atoms with Gasteiger partial charge in [-0.05, 0) is 49.8 Å². The largest absolute Gasteiger partial charge is 0.207 e. The second kappa shape index (κ2) is 3.66. The molecule has 1 aliphatic rings. The molecule has 15 heavy (non-hydrogen) atoms. The summed E-state index contributed by atoms with van der Waals surface area (Å²) in [4.78, 5) is 0. The lowest BCUT2D eigenvalue weighted by Crippen LogP contribution is -2.19. The summed E-state index contributed by atoms with van der Waals surface area (Å²) in [6.45, 7) is 2.01. The van der Waals surface area contributed by atoms with E-state index in [2.05, 4.69) is 6.07 Å². The van der Waals surface area contributed by atoms with E-state index in [0.717, 1.165) is 24.8 Å². The minimum Gasteiger partial charge on any atom is -0.207 e. The van der Waals surface area contributed by atoms with E-state index in [-0.39, 0.29) is 11.2 Å². The monoisotopic (exact) mass is 203 g/mol. The lowest BCUT2D eigenvalue weighted by atomic mass is 9.80. The molecular formula is C13H14FN. The summed E-state index contributed by atoms with van der Waals surface area (Å²) in [7, 11) is 0. The molecule has 0 aliphatic heterocycles. The molecule has 0 N–H and O–H groups in total. The van der Waals surface area contributed by atoms with Crippen molar-refractivity contribution in [2.24, 2.45) is 11.3 Å². The van der Waals surface area contributed by atoms with Gasteiger partial charge < -0.3 is 0 Å². The van der Waals surface area contributed by atoms with E-state index in [1.165, 1.54) is 12.1 Å². The minimum absolute atomic E-state index is 0.219. The van der Waals surface area contributed by atoms with Crippen LogP contribution < -0.4 is 0 Å². The van der Waals surface area contributed by atoms with Crippen LogP contribution in [0, 0.1) is 28.5 Å². The Balaban J connectivity index is 2.13. The molecule has 0 saturated heterocycles. The summed E-state index contributed by atoms with van der Waals surface area (Å²) >= 11 is 0. The SMILES string of the molecule is CC(C#N)(Cc1ccc(F)cc1)C1CC1. The third-order valence-electron chi connectivity index (χ3n) is 3.22. The van der Waals surface area contributed by atoms with Gasteiger partial charge in [0.05, 0.1) is 11.5 Å². The van der Waals surface area contributed by atoms with Crippen molar-refractivity contribution in [3.63, 3.8) is 0 Å². The molecule has 1 aliphatic carbocycles. The molecule has 2 heteroatoms. The zero-order valence-corrected chi connectivity index (χ0v) is 8.83. The van der Waals surface area contributed by atoms with Gasteiger partial charge in [-0.25, -0.2) is 4.39 Å². The van der Waals surface area contributed by atoms with E-state index in [4.69, 9.17) is 0 Å². The molecular weight excluding hydrogens is 189 g/mol. The number of hydrogen-bond acceptors (Lipinski definition) is 1. The second-order valence-electron chi connectivity index (χ2n) is 4.61. The normalized spacial score (nSPS) is 19.3. The molecule has 1 aromatic carbocycles. The first-order valence-electron chi connectivity index (χ1n) is 5.30. The summed E-state index contributed by atoms with van der Waals surface area (Å²) < 4.78 is 12.7. The highest BCUT2D eigenvalue weighted by Gasteiger charge is 2.41. The molecule has 1 nitrogen and oxygen atoms in total. The van der Waals surface area contributed by atoms with Crippen molar-refractivity contribution in [3.8, 4) is 6.07 Å². The lowest BCUT2D eigenvalue weighted by molar-refractivity contribution is 0.376. The highest BCUT2D eigenvalue weighted by molar-refractivity contribution is 5.21. The third kappa shape index (κ3) is 2.18. The minimum atomic E-state index is -0.266. The van der Waals surface area contributed by atoms with Crippen LogP contribution >= 0.6 is 0 Å². The predicted molar refractivity (Wildman–Crippen MR) is 56.5 cm³/mol. The number of halogens is 1. The Hall–Kier alpha value is -1.36. The van der Waals surface area contributed by atoms with Crippen LogP contribution in [0.15, 0.2) is 24.3 Å². The molecule has 1 saturated carbocycles. The van der Waals surface area contributed by atoms with Gasteiger partial charge in [-0.2, -0.15) is 5.26 Å². The fraction of sp³-hybridized carbons (Fsp3) is 0.462. The van der Waals surface area contributed by atoms with Crippen molar-refractivity contribution in [1.29, 1.82) is 5.26 Å². The predicted octanol–water partition coefficient (Wildman–Crippen LogP) is 3.31. The van der Waals surface area contributed by atoms with Crippen LogP contribution in [0.2, 0.25) is 0 Å². The van der Waals surface area contributed by atoms with Crippen LogP contribution in [0.1, 0.15) is 25.3 Å². The van der Waals surface area contributed by atoms with E-state index >= 15 is 0 Å². The Morgan fingerprint density at radius 3 is 2.47 bits per heavy atom. The standard InChI is InChI=1S/C13H14FN/c1-13(9-15,11-4-5-11)8-10-2-6-12(14)7-3-10/h2-3,6-7,11H,4-5,8H2,1H3. The number of rotatable bonds is 3. The van der Waals surface area contributed by atoms with Crippen molar-refractivity contribution in [1.82, 2.24) is 0 Å². The van der Waals surface area contributed by atoms with Crippen molar-refractivity contribution >= 4 is 0 Å². The molecule has 0 aromatic heterocycles. The van der Waals surface area contributed by atoms with Crippen LogP contribution in [0.4, 0.5) is 4.39 Å². The molecule has 2 rings (SSSR count). The summed E-state index contributed by atoms with van der Waals surface area (Å²) in [6.07, 6.45) is 3.05. The van der Waals surface area contributed by atoms with Gasteiger partial charge in [0.15, 0.2) is 0 Å². The molecule has 0 radical (unpaired) electrons. The molecule has 0 amide bonds. The van der Waals surface area contributed by atoms with Gasteiger partial charge in [0, 0.05) is 0 Å². The Morgan fingerprint density at radius 1 is 1.40 bits per heavy atom. The average molecular weight is 203 g/mol. The summed E-state index contributed by atoms with van der Waals surface area (Å²) in [5, 5.41) is 9.19. The Morgan fingerprint density at radius 2 is 2.00 bits per heavy atom. The van der Waals surface area contributed by atoms with Gasteiger partial charge in [0.2, 0.25) is 0 Å². The Kier molecular flexibility index (Phi) is 2.48. The number of benzene rings is 1. The molecule has 1 unspecified atom stereocenters. The molecule has 1 aromatic rings. The molecule has 1 fully saturated rings. The van der Waals surface area contributed by atoms with Gasteiger partial charge >= 0.3 is 0 Å². The quantitative estimate of drug-likeness (QED) is 0.739. The fourth-order valence-corrected chi connectivity index (χ4v) is 2.02. The van der Waals surface area contributed by atoms with Crippen LogP contribution in [0.5, 0.6) is 0 Å². The highest BCUT2D eigenvalue weighted by atomic mass is 19.1. The van der Waals surface area contributed by atoms with Gasteiger partial charge in [0.25, 0.3) is 0 Å². The fourth-order valence-electron chi connectivity index (χ4n) is 2.02. The van der Waals surface area contributed by atoms with Crippen molar-refractivity contribution < 1.29 is 4.39 Å². The molecule has 0 bridgehead atoms. The van der Waals surface area contributed by atoms with E-state index in [1.54, 1.807) is 12.1 Å². The van der Waals surface area contributed by atoms with Crippen LogP contribution in [0.25, 0.3) is 0 Å². The van der Waals surface area contributed by atoms with Crippen molar-refractivity contribution in [2.45, 2.75) is 26.2 Å². The van der Waals surface area contributed by atoms with E-state index in [9.17, 15) is 9.65 Å². The summed E-state index contributed by atoms with van der Waals surface area (Å²) in [5.41, 5.74) is 0.782. The van der Waals surface area contributed by atoms with Gasteiger partial charge in [-0.1, -0.05) is 12.1 Å². The van der Waals surface area contributed by atoms with Gasteiger partial charge in [-0.15, -0.1) is 0 Å². The number of nitriles is 1. The highest BCUT2D eigenvalue weighted by Crippen LogP contribution is 2.46. The molecule has 0 heterocycles. The Bertz CT molecular complexity index is 386. The first kappa shape index (κ1) is 10.2. The maximum Gasteiger partial charge on any atom is 0.123 e. The molecule has 78 valence electrons. The smallest absolute Gasteiger partial charge is 0.123 e. The zero-order chi connectivity index (χ0) is 10.9. The van der Waals surface area contributed by atoms with Gasteiger partial charge in [0.1, 0.15) is 5.82 Å². The van der Waals surface area contributed by atoms with Gasteiger partial charge in [-0.3, -0.25) is 0 Å². The summed E-state index contributed by atoms with van der Waals surface area (Å²) in [6, 6.07) is 8.87. The number of nitrogens with zero attached hydrogens (tertiary/aromatic N) is 1.